The largest absolute Gasteiger partial charge is 0.497 e. The van der Waals surface area contributed by atoms with E-state index in [0.717, 1.165) is 17.1 Å². The average Bonchev–Trinajstić information content (AvgIpc) is 2.15. The quantitative estimate of drug-likeness (QED) is 0.761. The standard InChI is InChI=1S/C12H19NO2/c1-12(2,3)9-6-8(14-4)7-10(13)11(9)15-5/h6-7H,13H2,1-5H3. The topological polar surface area (TPSA) is 44.5 Å². The first-order valence-electron chi connectivity index (χ1n) is 4.92. The Bertz CT molecular complexity index is 353. The summed E-state index contributed by atoms with van der Waals surface area (Å²) in [4.78, 5) is 0. The zero-order valence-corrected chi connectivity index (χ0v) is 10.0. The molecular formula is C12H19NO2. The molecule has 2 N–H and O–H groups in total. The van der Waals surface area contributed by atoms with Crippen LogP contribution in [-0.4, -0.2) is 14.2 Å². The summed E-state index contributed by atoms with van der Waals surface area (Å²) in [5.41, 5.74) is 7.55. The van der Waals surface area contributed by atoms with Crippen LogP contribution in [0.1, 0.15) is 26.3 Å². The molecule has 0 radical (unpaired) electrons. The summed E-state index contributed by atoms with van der Waals surface area (Å²) in [5.74, 6) is 1.50. The average molecular weight is 209 g/mol. The normalized spacial score (nSPS) is 11.3. The van der Waals surface area contributed by atoms with E-state index in [1.807, 2.05) is 6.07 Å². The van der Waals surface area contributed by atoms with Crippen molar-refractivity contribution >= 4 is 5.69 Å². The zero-order chi connectivity index (χ0) is 11.6. The maximum atomic E-state index is 5.90. The molecule has 0 saturated carbocycles. The highest BCUT2D eigenvalue weighted by Gasteiger charge is 2.21. The van der Waals surface area contributed by atoms with Crippen molar-refractivity contribution in [2.24, 2.45) is 0 Å². The van der Waals surface area contributed by atoms with Gasteiger partial charge in [-0.3, -0.25) is 0 Å². The summed E-state index contributed by atoms with van der Waals surface area (Å²) in [7, 11) is 3.26. The number of ether oxygens (including phenoxy) is 2. The molecule has 84 valence electrons. The van der Waals surface area contributed by atoms with Gasteiger partial charge in [0.1, 0.15) is 11.5 Å². The molecule has 1 aromatic rings. The lowest BCUT2D eigenvalue weighted by atomic mass is 9.86. The number of rotatable bonds is 2. The third kappa shape index (κ3) is 2.35. The molecular weight excluding hydrogens is 190 g/mol. The molecule has 0 heterocycles. The minimum absolute atomic E-state index is 0.0198. The fraction of sp³-hybridized carbons (Fsp3) is 0.500. The number of hydrogen-bond acceptors (Lipinski definition) is 3. The summed E-state index contributed by atoms with van der Waals surface area (Å²) in [6.45, 7) is 6.34. The van der Waals surface area contributed by atoms with Crippen molar-refractivity contribution < 1.29 is 9.47 Å². The van der Waals surface area contributed by atoms with E-state index in [9.17, 15) is 0 Å². The Balaban J connectivity index is 3.39. The maximum Gasteiger partial charge on any atom is 0.145 e. The highest BCUT2D eigenvalue weighted by molar-refractivity contribution is 5.62. The minimum atomic E-state index is -0.0198. The van der Waals surface area contributed by atoms with Gasteiger partial charge in [-0.2, -0.15) is 0 Å². The molecule has 0 bridgehead atoms. The molecule has 0 fully saturated rings. The Labute approximate surface area is 91.2 Å². The van der Waals surface area contributed by atoms with E-state index in [0.29, 0.717) is 5.69 Å². The first-order valence-corrected chi connectivity index (χ1v) is 4.92. The first kappa shape index (κ1) is 11.7. The lowest BCUT2D eigenvalue weighted by molar-refractivity contribution is 0.390. The van der Waals surface area contributed by atoms with E-state index in [1.165, 1.54) is 0 Å². The Morgan fingerprint density at radius 3 is 2.07 bits per heavy atom. The van der Waals surface area contributed by atoms with Crippen LogP contribution in [0, 0.1) is 0 Å². The summed E-state index contributed by atoms with van der Waals surface area (Å²) >= 11 is 0. The monoisotopic (exact) mass is 209 g/mol. The highest BCUT2D eigenvalue weighted by Crippen LogP contribution is 2.38. The van der Waals surface area contributed by atoms with Crippen LogP contribution in [0.5, 0.6) is 11.5 Å². The minimum Gasteiger partial charge on any atom is -0.497 e. The van der Waals surface area contributed by atoms with E-state index >= 15 is 0 Å². The highest BCUT2D eigenvalue weighted by atomic mass is 16.5. The van der Waals surface area contributed by atoms with Crippen LogP contribution in [0.2, 0.25) is 0 Å². The van der Waals surface area contributed by atoms with Gasteiger partial charge in [0.25, 0.3) is 0 Å². The number of anilines is 1. The molecule has 0 amide bonds. The Morgan fingerprint density at radius 1 is 1.07 bits per heavy atom. The van der Waals surface area contributed by atoms with Gasteiger partial charge in [-0.25, -0.2) is 0 Å². The van der Waals surface area contributed by atoms with Gasteiger partial charge in [0.2, 0.25) is 0 Å². The molecule has 0 aliphatic rings. The van der Waals surface area contributed by atoms with Gasteiger partial charge in [0.05, 0.1) is 19.9 Å². The van der Waals surface area contributed by atoms with Crippen LogP contribution in [-0.2, 0) is 5.41 Å². The first-order chi connectivity index (χ1) is 6.90. The lowest BCUT2D eigenvalue weighted by Gasteiger charge is -2.23. The SMILES string of the molecule is COc1cc(N)c(OC)c(C(C)(C)C)c1. The van der Waals surface area contributed by atoms with Gasteiger partial charge in [-0.15, -0.1) is 0 Å². The Morgan fingerprint density at radius 2 is 1.67 bits per heavy atom. The van der Waals surface area contributed by atoms with Crippen molar-refractivity contribution in [3.05, 3.63) is 17.7 Å². The predicted octanol–water partition coefficient (Wildman–Crippen LogP) is 2.58. The van der Waals surface area contributed by atoms with Crippen molar-refractivity contribution in [1.29, 1.82) is 0 Å². The lowest BCUT2D eigenvalue weighted by Crippen LogP contribution is -2.14. The molecule has 0 atom stereocenters. The van der Waals surface area contributed by atoms with Crippen LogP contribution < -0.4 is 15.2 Å². The van der Waals surface area contributed by atoms with Crippen LogP contribution in [0.25, 0.3) is 0 Å². The Hall–Kier alpha value is -1.38. The summed E-state index contributed by atoms with van der Waals surface area (Å²) in [5, 5.41) is 0. The van der Waals surface area contributed by atoms with Crippen molar-refractivity contribution in [2.45, 2.75) is 26.2 Å². The fourth-order valence-corrected chi connectivity index (χ4v) is 1.53. The second-order valence-electron chi connectivity index (χ2n) is 4.55. The van der Waals surface area contributed by atoms with Crippen molar-refractivity contribution in [3.63, 3.8) is 0 Å². The van der Waals surface area contributed by atoms with Gasteiger partial charge in [-0.1, -0.05) is 20.8 Å². The van der Waals surface area contributed by atoms with Gasteiger partial charge >= 0.3 is 0 Å². The number of nitrogen functional groups attached to an aromatic ring is 1. The molecule has 15 heavy (non-hydrogen) atoms. The molecule has 0 aromatic heterocycles. The van der Waals surface area contributed by atoms with E-state index in [-0.39, 0.29) is 5.41 Å². The van der Waals surface area contributed by atoms with Gasteiger partial charge in [-0.05, 0) is 11.5 Å². The van der Waals surface area contributed by atoms with Crippen molar-refractivity contribution in [3.8, 4) is 11.5 Å². The molecule has 0 spiro atoms. The molecule has 0 saturated heterocycles. The molecule has 1 rings (SSSR count). The summed E-state index contributed by atoms with van der Waals surface area (Å²) in [6.07, 6.45) is 0. The molecule has 0 aliphatic carbocycles. The van der Waals surface area contributed by atoms with Crippen LogP contribution >= 0.6 is 0 Å². The zero-order valence-electron chi connectivity index (χ0n) is 10.0. The van der Waals surface area contributed by atoms with E-state index in [4.69, 9.17) is 15.2 Å². The van der Waals surface area contributed by atoms with Crippen LogP contribution in [0.15, 0.2) is 12.1 Å². The summed E-state index contributed by atoms with van der Waals surface area (Å²) < 4.78 is 10.5. The summed E-state index contributed by atoms with van der Waals surface area (Å²) in [6, 6.07) is 3.74. The second-order valence-corrected chi connectivity index (χ2v) is 4.55. The van der Waals surface area contributed by atoms with Crippen molar-refractivity contribution in [1.82, 2.24) is 0 Å². The molecule has 1 aromatic carbocycles. The van der Waals surface area contributed by atoms with E-state index in [1.54, 1.807) is 20.3 Å². The predicted molar refractivity (Wildman–Crippen MR) is 62.7 cm³/mol. The van der Waals surface area contributed by atoms with Gasteiger partial charge in [0, 0.05) is 11.6 Å². The molecule has 0 aliphatic heterocycles. The fourth-order valence-electron chi connectivity index (χ4n) is 1.53. The third-order valence-corrected chi connectivity index (χ3v) is 2.34. The van der Waals surface area contributed by atoms with Gasteiger partial charge < -0.3 is 15.2 Å². The molecule has 3 nitrogen and oxygen atoms in total. The molecule has 0 unspecified atom stereocenters. The number of hydrogen-bond donors (Lipinski definition) is 1. The van der Waals surface area contributed by atoms with Crippen molar-refractivity contribution in [2.75, 3.05) is 20.0 Å². The van der Waals surface area contributed by atoms with E-state index in [2.05, 4.69) is 20.8 Å². The Kier molecular flexibility index (Phi) is 3.12. The molecule has 3 heteroatoms. The van der Waals surface area contributed by atoms with Gasteiger partial charge in [0.15, 0.2) is 0 Å². The number of benzene rings is 1. The van der Waals surface area contributed by atoms with E-state index < -0.39 is 0 Å². The number of methoxy groups -OCH3 is 2. The number of nitrogens with two attached hydrogens (primary N) is 1. The second kappa shape index (κ2) is 4.01. The van der Waals surface area contributed by atoms with Crippen LogP contribution in [0.3, 0.4) is 0 Å². The van der Waals surface area contributed by atoms with Crippen LogP contribution in [0.4, 0.5) is 5.69 Å². The smallest absolute Gasteiger partial charge is 0.145 e. The maximum absolute atomic E-state index is 5.90. The third-order valence-electron chi connectivity index (χ3n) is 2.34.